The lowest BCUT2D eigenvalue weighted by atomic mass is 10.3. The fourth-order valence-corrected chi connectivity index (χ4v) is 3.91. The Morgan fingerprint density at radius 1 is 1.38 bits per heavy atom. The highest BCUT2D eigenvalue weighted by Crippen LogP contribution is 2.24. The van der Waals surface area contributed by atoms with E-state index in [0.29, 0.717) is 0 Å². The summed E-state index contributed by atoms with van der Waals surface area (Å²) in [5.74, 6) is -0.789. The highest BCUT2D eigenvalue weighted by atomic mass is 32.2. The molecule has 1 atom stereocenters. The zero-order valence-electron chi connectivity index (χ0n) is 11.6. The van der Waals surface area contributed by atoms with Crippen LogP contribution in [0.25, 0.3) is 0 Å². The first-order valence-electron chi connectivity index (χ1n) is 6.40. The van der Waals surface area contributed by atoms with Crippen LogP contribution in [0.15, 0.2) is 34.5 Å². The van der Waals surface area contributed by atoms with Gasteiger partial charge in [0.15, 0.2) is 5.13 Å². The molecule has 8 heteroatoms. The summed E-state index contributed by atoms with van der Waals surface area (Å²) in [7, 11) is -3.97. The van der Waals surface area contributed by atoms with Crippen molar-refractivity contribution in [3.05, 3.63) is 41.2 Å². The summed E-state index contributed by atoms with van der Waals surface area (Å²) in [4.78, 5) is 3.82. The zero-order chi connectivity index (χ0) is 15.5. The minimum absolute atomic E-state index is 0.0259. The average molecular weight is 329 g/mol. The minimum Gasteiger partial charge on any atom is -0.309 e. The van der Waals surface area contributed by atoms with E-state index in [1.807, 2.05) is 13.8 Å². The van der Waals surface area contributed by atoms with Crippen molar-refractivity contribution in [3.8, 4) is 0 Å². The lowest BCUT2D eigenvalue weighted by Crippen LogP contribution is -2.18. The third-order valence-electron chi connectivity index (χ3n) is 2.82. The van der Waals surface area contributed by atoms with E-state index in [1.54, 1.807) is 5.38 Å². The van der Waals surface area contributed by atoms with Crippen LogP contribution in [0.1, 0.15) is 25.6 Å². The van der Waals surface area contributed by atoms with Gasteiger partial charge in [0.2, 0.25) is 0 Å². The van der Waals surface area contributed by atoms with Gasteiger partial charge in [-0.05, 0) is 25.6 Å². The maximum absolute atomic E-state index is 13.6. The molecule has 0 radical (unpaired) electrons. The smallest absolute Gasteiger partial charge is 0.266 e. The third-order valence-corrected chi connectivity index (χ3v) is 5.10. The molecule has 2 rings (SSSR count). The predicted molar refractivity (Wildman–Crippen MR) is 81.4 cm³/mol. The monoisotopic (exact) mass is 329 g/mol. The molecule has 5 nitrogen and oxygen atoms in total. The van der Waals surface area contributed by atoms with E-state index in [2.05, 4.69) is 15.0 Å². The van der Waals surface area contributed by atoms with Crippen molar-refractivity contribution in [1.82, 2.24) is 10.3 Å². The standard InChI is InChI=1S/C13H16FN3O2S2/c1-3-15-9(2)11-8-20-13(16-11)17-21(18,19)12-7-5-4-6-10(12)14/h4-9,15H,3H2,1-2H3,(H,16,17). The number of hydrogen-bond acceptors (Lipinski definition) is 5. The van der Waals surface area contributed by atoms with Crippen LogP contribution in [0.3, 0.4) is 0 Å². The Morgan fingerprint density at radius 2 is 2.10 bits per heavy atom. The quantitative estimate of drug-likeness (QED) is 0.855. The number of nitrogens with zero attached hydrogens (tertiary/aromatic N) is 1. The van der Waals surface area contributed by atoms with E-state index < -0.39 is 15.8 Å². The Hall–Kier alpha value is -1.51. The molecule has 1 aromatic carbocycles. The number of benzene rings is 1. The van der Waals surface area contributed by atoms with Crippen LogP contribution in [-0.2, 0) is 10.0 Å². The molecule has 0 aliphatic rings. The Kier molecular flexibility index (Phi) is 4.92. The van der Waals surface area contributed by atoms with E-state index in [9.17, 15) is 12.8 Å². The number of aromatic nitrogens is 1. The van der Waals surface area contributed by atoms with Gasteiger partial charge >= 0.3 is 0 Å². The van der Waals surface area contributed by atoms with Gasteiger partial charge in [-0.3, -0.25) is 4.72 Å². The van der Waals surface area contributed by atoms with Crippen molar-refractivity contribution < 1.29 is 12.8 Å². The second kappa shape index (κ2) is 6.50. The van der Waals surface area contributed by atoms with E-state index in [-0.39, 0.29) is 16.1 Å². The molecule has 0 spiro atoms. The van der Waals surface area contributed by atoms with Crippen LogP contribution in [0.5, 0.6) is 0 Å². The van der Waals surface area contributed by atoms with Crippen molar-refractivity contribution >= 4 is 26.5 Å². The first kappa shape index (κ1) is 15.9. The average Bonchev–Trinajstić information content (AvgIpc) is 2.87. The van der Waals surface area contributed by atoms with Gasteiger partial charge in [0.05, 0.1) is 5.69 Å². The predicted octanol–water partition coefficient (Wildman–Crippen LogP) is 2.75. The van der Waals surface area contributed by atoms with E-state index in [1.165, 1.54) is 29.5 Å². The van der Waals surface area contributed by atoms with Gasteiger partial charge in [0.1, 0.15) is 10.7 Å². The molecule has 0 saturated heterocycles. The number of sulfonamides is 1. The van der Waals surface area contributed by atoms with Crippen LogP contribution in [0, 0.1) is 5.82 Å². The van der Waals surface area contributed by atoms with Gasteiger partial charge in [0, 0.05) is 11.4 Å². The number of nitrogens with one attached hydrogen (secondary N) is 2. The molecule has 0 amide bonds. The second-order valence-electron chi connectivity index (χ2n) is 4.39. The molecular formula is C13H16FN3O2S2. The van der Waals surface area contributed by atoms with Gasteiger partial charge < -0.3 is 5.32 Å². The summed E-state index contributed by atoms with van der Waals surface area (Å²) in [5, 5.41) is 5.18. The van der Waals surface area contributed by atoms with Crippen molar-refractivity contribution in [1.29, 1.82) is 0 Å². The van der Waals surface area contributed by atoms with Crippen LogP contribution in [-0.4, -0.2) is 19.9 Å². The largest absolute Gasteiger partial charge is 0.309 e. The Morgan fingerprint density at radius 3 is 2.76 bits per heavy atom. The molecule has 1 aromatic heterocycles. The number of rotatable bonds is 6. The zero-order valence-corrected chi connectivity index (χ0v) is 13.3. The number of hydrogen-bond donors (Lipinski definition) is 2. The molecule has 114 valence electrons. The van der Waals surface area contributed by atoms with Gasteiger partial charge in [-0.15, -0.1) is 11.3 Å². The summed E-state index contributed by atoms with van der Waals surface area (Å²) < 4.78 is 40.1. The summed E-state index contributed by atoms with van der Waals surface area (Å²) in [5.41, 5.74) is 0.744. The van der Waals surface area contributed by atoms with Crippen LogP contribution < -0.4 is 10.0 Å². The van der Waals surface area contributed by atoms with E-state index in [4.69, 9.17) is 0 Å². The van der Waals surface area contributed by atoms with E-state index in [0.717, 1.165) is 18.3 Å². The Balaban J connectivity index is 2.20. The van der Waals surface area contributed by atoms with Gasteiger partial charge in [0.25, 0.3) is 10.0 Å². The first-order valence-corrected chi connectivity index (χ1v) is 8.76. The molecule has 21 heavy (non-hydrogen) atoms. The van der Waals surface area contributed by atoms with Crippen molar-refractivity contribution in [2.45, 2.75) is 24.8 Å². The Labute approximate surface area is 127 Å². The summed E-state index contributed by atoms with van der Waals surface area (Å²) in [6.07, 6.45) is 0. The van der Waals surface area contributed by atoms with Gasteiger partial charge in [-0.25, -0.2) is 17.8 Å². The lowest BCUT2D eigenvalue weighted by molar-refractivity contribution is 0.570. The maximum atomic E-state index is 13.6. The molecule has 2 N–H and O–H groups in total. The van der Waals surface area contributed by atoms with Crippen LogP contribution >= 0.6 is 11.3 Å². The summed E-state index contributed by atoms with van der Waals surface area (Å²) in [6.45, 7) is 4.70. The topological polar surface area (TPSA) is 71.1 Å². The minimum atomic E-state index is -3.97. The molecule has 1 unspecified atom stereocenters. The summed E-state index contributed by atoms with van der Waals surface area (Å²) >= 11 is 1.17. The maximum Gasteiger partial charge on any atom is 0.266 e. The SMILES string of the molecule is CCNC(C)c1csc(NS(=O)(=O)c2ccccc2F)n1. The fourth-order valence-electron chi connectivity index (χ4n) is 1.78. The van der Waals surface area contributed by atoms with Crippen LogP contribution in [0.4, 0.5) is 9.52 Å². The number of anilines is 1. The van der Waals surface area contributed by atoms with Gasteiger partial charge in [-0.2, -0.15) is 0 Å². The van der Waals surface area contributed by atoms with Crippen LogP contribution in [0.2, 0.25) is 0 Å². The lowest BCUT2D eigenvalue weighted by Gasteiger charge is -2.08. The number of halogens is 1. The summed E-state index contributed by atoms with van der Waals surface area (Å²) in [6, 6.07) is 5.26. The van der Waals surface area contributed by atoms with Crippen molar-refractivity contribution in [2.24, 2.45) is 0 Å². The number of thiazole rings is 1. The highest BCUT2D eigenvalue weighted by molar-refractivity contribution is 7.93. The molecular weight excluding hydrogens is 313 g/mol. The third kappa shape index (κ3) is 3.78. The molecule has 0 saturated carbocycles. The highest BCUT2D eigenvalue weighted by Gasteiger charge is 2.20. The van der Waals surface area contributed by atoms with E-state index >= 15 is 0 Å². The first-order chi connectivity index (χ1) is 9.94. The Bertz CT molecular complexity index is 716. The molecule has 2 aromatic rings. The molecule has 0 fully saturated rings. The van der Waals surface area contributed by atoms with Gasteiger partial charge in [-0.1, -0.05) is 19.1 Å². The van der Waals surface area contributed by atoms with Crippen molar-refractivity contribution in [2.75, 3.05) is 11.3 Å². The molecule has 0 aliphatic heterocycles. The fraction of sp³-hybridized carbons (Fsp3) is 0.308. The normalized spacial score (nSPS) is 13.1. The molecule has 0 aliphatic carbocycles. The van der Waals surface area contributed by atoms with Crippen molar-refractivity contribution in [3.63, 3.8) is 0 Å². The second-order valence-corrected chi connectivity index (χ2v) is 6.90. The molecule has 1 heterocycles. The molecule has 0 bridgehead atoms.